The summed E-state index contributed by atoms with van der Waals surface area (Å²) in [4.78, 5) is 0. The van der Waals surface area contributed by atoms with E-state index < -0.39 is 0 Å². The van der Waals surface area contributed by atoms with E-state index in [0.29, 0.717) is 6.04 Å². The number of thioether (sulfide) groups is 1. The molecule has 1 heterocycles. The summed E-state index contributed by atoms with van der Waals surface area (Å²) in [7, 11) is 0. The predicted octanol–water partition coefficient (Wildman–Crippen LogP) is 2.26. The van der Waals surface area contributed by atoms with Crippen molar-refractivity contribution in [2.75, 3.05) is 11.5 Å². The van der Waals surface area contributed by atoms with Gasteiger partial charge in [0.1, 0.15) is 0 Å². The molecule has 1 rings (SSSR count). The van der Waals surface area contributed by atoms with E-state index in [1.807, 2.05) is 0 Å². The molecule has 1 nitrogen and oxygen atoms in total. The first kappa shape index (κ1) is 9.40. The molecule has 0 aromatic carbocycles. The van der Waals surface area contributed by atoms with E-state index in [0.717, 1.165) is 5.92 Å². The molecule has 1 saturated heterocycles. The van der Waals surface area contributed by atoms with Crippen LogP contribution in [0.15, 0.2) is 0 Å². The van der Waals surface area contributed by atoms with Crippen LogP contribution in [0.25, 0.3) is 0 Å². The van der Waals surface area contributed by atoms with Crippen molar-refractivity contribution in [2.45, 2.75) is 38.6 Å². The van der Waals surface area contributed by atoms with Crippen LogP contribution >= 0.6 is 11.8 Å². The van der Waals surface area contributed by atoms with E-state index >= 15 is 0 Å². The lowest BCUT2D eigenvalue weighted by molar-refractivity contribution is 0.374. The van der Waals surface area contributed by atoms with Crippen LogP contribution in [0, 0.1) is 5.92 Å². The van der Waals surface area contributed by atoms with Crippen molar-refractivity contribution in [1.82, 2.24) is 0 Å². The molecule has 0 spiro atoms. The van der Waals surface area contributed by atoms with Gasteiger partial charge in [-0.2, -0.15) is 11.8 Å². The van der Waals surface area contributed by atoms with Gasteiger partial charge in [0.25, 0.3) is 0 Å². The summed E-state index contributed by atoms with van der Waals surface area (Å²) in [5, 5.41) is 0. The highest BCUT2D eigenvalue weighted by molar-refractivity contribution is 7.99. The lowest BCUT2D eigenvalue weighted by atomic mass is 9.91. The van der Waals surface area contributed by atoms with Crippen LogP contribution < -0.4 is 5.73 Å². The summed E-state index contributed by atoms with van der Waals surface area (Å²) >= 11 is 2.08. The lowest BCUT2D eigenvalue weighted by Gasteiger charge is -2.26. The maximum absolute atomic E-state index is 6.05. The van der Waals surface area contributed by atoms with E-state index in [-0.39, 0.29) is 0 Å². The van der Waals surface area contributed by atoms with Crippen molar-refractivity contribution in [3.05, 3.63) is 0 Å². The topological polar surface area (TPSA) is 26.0 Å². The van der Waals surface area contributed by atoms with Crippen molar-refractivity contribution in [3.63, 3.8) is 0 Å². The Balaban J connectivity index is 2.21. The molecule has 1 atom stereocenters. The van der Waals surface area contributed by atoms with Crippen LogP contribution in [0.2, 0.25) is 0 Å². The van der Waals surface area contributed by atoms with Gasteiger partial charge in [-0.1, -0.05) is 13.3 Å². The van der Waals surface area contributed by atoms with Gasteiger partial charge in [0.05, 0.1) is 0 Å². The Morgan fingerprint density at radius 1 is 1.45 bits per heavy atom. The van der Waals surface area contributed by atoms with E-state index in [1.165, 1.54) is 37.2 Å². The molecule has 0 aromatic heterocycles. The third kappa shape index (κ3) is 3.04. The first-order chi connectivity index (χ1) is 5.34. The van der Waals surface area contributed by atoms with E-state index in [9.17, 15) is 0 Å². The van der Waals surface area contributed by atoms with Gasteiger partial charge >= 0.3 is 0 Å². The maximum atomic E-state index is 6.05. The first-order valence-electron chi connectivity index (χ1n) is 4.68. The third-order valence-corrected chi connectivity index (χ3v) is 3.54. The van der Waals surface area contributed by atoms with Gasteiger partial charge in [-0.05, 0) is 36.7 Å². The first-order valence-corrected chi connectivity index (χ1v) is 5.83. The standard InChI is InChI=1S/C9H19NS/c1-2-3-9(10)8-4-6-11-7-5-8/h8-9H,2-7,10H2,1H3. The average molecular weight is 173 g/mol. The van der Waals surface area contributed by atoms with Crippen LogP contribution in [0.5, 0.6) is 0 Å². The molecule has 11 heavy (non-hydrogen) atoms. The zero-order valence-electron chi connectivity index (χ0n) is 7.38. The van der Waals surface area contributed by atoms with Crippen LogP contribution in [0.4, 0.5) is 0 Å². The fourth-order valence-corrected chi connectivity index (χ4v) is 2.86. The lowest BCUT2D eigenvalue weighted by Crippen LogP contribution is -2.32. The normalized spacial score (nSPS) is 23.5. The molecule has 2 N–H and O–H groups in total. The molecule has 0 aromatic rings. The summed E-state index contributed by atoms with van der Waals surface area (Å²) in [5.41, 5.74) is 6.05. The van der Waals surface area contributed by atoms with Crippen LogP contribution in [0.1, 0.15) is 32.6 Å². The quantitative estimate of drug-likeness (QED) is 0.708. The second-order valence-corrected chi connectivity index (χ2v) is 4.63. The zero-order valence-corrected chi connectivity index (χ0v) is 8.20. The minimum Gasteiger partial charge on any atom is -0.327 e. The van der Waals surface area contributed by atoms with E-state index in [2.05, 4.69) is 18.7 Å². The number of hydrogen-bond acceptors (Lipinski definition) is 2. The third-order valence-electron chi connectivity index (χ3n) is 2.49. The van der Waals surface area contributed by atoms with Crippen molar-refractivity contribution >= 4 is 11.8 Å². The average Bonchev–Trinajstić information content (AvgIpc) is 2.07. The second-order valence-electron chi connectivity index (χ2n) is 3.40. The molecule has 0 amide bonds. The Morgan fingerprint density at radius 3 is 2.64 bits per heavy atom. The van der Waals surface area contributed by atoms with Crippen molar-refractivity contribution in [1.29, 1.82) is 0 Å². The van der Waals surface area contributed by atoms with Crippen LogP contribution in [-0.4, -0.2) is 17.5 Å². The molecule has 66 valence electrons. The fourth-order valence-electron chi connectivity index (χ4n) is 1.71. The highest BCUT2D eigenvalue weighted by Crippen LogP contribution is 2.25. The molecule has 0 aliphatic carbocycles. The Kier molecular flexibility index (Phi) is 4.31. The van der Waals surface area contributed by atoms with Crippen molar-refractivity contribution < 1.29 is 0 Å². The van der Waals surface area contributed by atoms with Gasteiger partial charge in [-0.25, -0.2) is 0 Å². The van der Waals surface area contributed by atoms with Crippen LogP contribution in [0.3, 0.4) is 0 Å². The number of rotatable bonds is 3. The summed E-state index contributed by atoms with van der Waals surface area (Å²) < 4.78 is 0. The Hall–Kier alpha value is 0.310. The minimum atomic E-state index is 0.487. The van der Waals surface area contributed by atoms with Crippen molar-refractivity contribution in [3.8, 4) is 0 Å². The Morgan fingerprint density at radius 2 is 2.09 bits per heavy atom. The van der Waals surface area contributed by atoms with Crippen LogP contribution in [-0.2, 0) is 0 Å². The summed E-state index contributed by atoms with van der Waals surface area (Å²) in [6.07, 6.45) is 5.16. The highest BCUT2D eigenvalue weighted by Gasteiger charge is 2.19. The van der Waals surface area contributed by atoms with Gasteiger partial charge < -0.3 is 5.73 Å². The smallest absolute Gasteiger partial charge is 0.00676 e. The predicted molar refractivity (Wildman–Crippen MR) is 52.9 cm³/mol. The Labute approximate surface area is 74.1 Å². The molecule has 0 saturated carbocycles. The largest absolute Gasteiger partial charge is 0.327 e. The highest BCUT2D eigenvalue weighted by atomic mass is 32.2. The summed E-state index contributed by atoms with van der Waals surface area (Å²) in [6, 6.07) is 0.487. The summed E-state index contributed by atoms with van der Waals surface area (Å²) in [5.74, 6) is 3.50. The van der Waals surface area contributed by atoms with Gasteiger partial charge in [0.2, 0.25) is 0 Å². The molecule has 2 heteroatoms. The molecule has 1 unspecified atom stereocenters. The van der Waals surface area contributed by atoms with Gasteiger partial charge in [-0.15, -0.1) is 0 Å². The zero-order chi connectivity index (χ0) is 8.10. The van der Waals surface area contributed by atoms with Gasteiger partial charge in [0.15, 0.2) is 0 Å². The van der Waals surface area contributed by atoms with E-state index in [1.54, 1.807) is 0 Å². The van der Waals surface area contributed by atoms with Gasteiger partial charge in [0, 0.05) is 6.04 Å². The Bertz CT molecular complexity index is 99.7. The number of nitrogens with two attached hydrogens (primary N) is 1. The number of hydrogen-bond donors (Lipinski definition) is 1. The SMILES string of the molecule is CCCC(N)C1CCSCC1. The van der Waals surface area contributed by atoms with E-state index in [4.69, 9.17) is 5.73 Å². The maximum Gasteiger partial charge on any atom is 0.00676 e. The monoisotopic (exact) mass is 173 g/mol. The minimum absolute atomic E-state index is 0.487. The molecule has 1 fully saturated rings. The summed E-state index contributed by atoms with van der Waals surface area (Å²) in [6.45, 7) is 2.22. The molecule has 1 aliphatic rings. The second kappa shape index (κ2) is 5.04. The molecule has 0 bridgehead atoms. The van der Waals surface area contributed by atoms with Gasteiger partial charge in [-0.3, -0.25) is 0 Å². The molecular formula is C9H19NS. The molecular weight excluding hydrogens is 154 g/mol. The molecule has 1 aliphatic heterocycles. The fraction of sp³-hybridized carbons (Fsp3) is 1.00. The van der Waals surface area contributed by atoms with Crippen molar-refractivity contribution in [2.24, 2.45) is 11.7 Å². The molecule has 0 radical (unpaired) electrons.